The van der Waals surface area contributed by atoms with Crippen molar-refractivity contribution < 1.29 is 38.1 Å². The monoisotopic (exact) mass is 1020 g/mol. The van der Waals surface area contributed by atoms with Crippen LogP contribution in [-0.2, 0) is 33.3 Å². The van der Waals surface area contributed by atoms with Crippen LogP contribution < -0.4 is 5.32 Å². The summed E-state index contributed by atoms with van der Waals surface area (Å²) in [6, 6.07) is 0.324. The van der Waals surface area contributed by atoms with Crippen molar-refractivity contribution >= 4 is 24.0 Å². The molecule has 0 spiro atoms. The molecule has 1 N–H and O–H groups in total. The average Bonchev–Trinajstić information content (AvgIpc) is 3.80. The highest BCUT2D eigenvalue weighted by Crippen LogP contribution is 2.19. The SMILES string of the molecule is CCCCC/C=C\C/C=C\CCCCCCCC(=O)OCC(COC(=O)CCCCCCC/C=C\C/C=C\CCCCC)OC(=O)CCCC(CCCCCCCCCCCC)OC(=O)NCC1CCCN1C. The van der Waals surface area contributed by atoms with E-state index < -0.39 is 18.2 Å². The third kappa shape index (κ3) is 45.7. The Morgan fingerprint density at radius 2 is 0.863 bits per heavy atom. The van der Waals surface area contributed by atoms with E-state index in [2.05, 4.69) is 86.6 Å². The van der Waals surface area contributed by atoms with Gasteiger partial charge in [-0.05, 0) is 129 Å². The van der Waals surface area contributed by atoms with Gasteiger partial charge >= 0.3 is 24.0 Å². The van der Waals surface area contributed by atoms with E-state index in [0.717, 1.165) is 129 Å². The van der Waals surface area contributed by atoms with Crippen LogP contribution in [0.3, 0.4) is 0 Å². The standard InChI is InChI=1S/C63H112N2O8/c1-5-8-11-14-17-20-23-25-27-29-31-34-37-40-43-50-60(66)70-55-59(56-71-61(67)51-44-41-38-35-32-30-28-26-24-21-18-15-12-9-6-2)72-62(68)52-45-49-58(48-42-39-36-33-22-19-16-13-10-7-3)73-63(69)64-54-57-47-46-53-65(57)4/h17-18,20-21,25-28,57-59H,5-16,19,22-24,29-56H2,1-4H3,(H,64,69)/b20-17-,21-18-,27-25-,28-26-. The molecular formula is C63H112N2O8. The molecular weight excluding hydrogens is 913 g/mol. The van der Waals surface area contributed by atoms with E-state index in [1.807, 2.05) is 0 Å². The molecule has 1 heterocycles. The minimum Gasteiger partial charge on any atom is -0.462 e. The first-order valence-electron chi connectivity index (χ1n) is 30.5. The predicted octanol–water partition coefficient (Wildman–Crippen LogP) is 17.3. The molecule has 1 aliphatic rings. The number of unbranched alkanes of at least 4 members (excludes halogenated alkanes) is 25. The van der Waals surface area contributed by atoms with Gasteiger partial charge in [-0.3, -0.25) is 14.4 Å². The zero-order chi connectivity index (χ0) is 52.9. The van der Waals surface area contributed by atoms with Crippen LogP contribution in [0.25, 0.3) is 0 Å². The number of allylic oxidation sites excluding steroid dienone is 8. The fourth-order valence-electron chi connectivity index (χ4n) is 9.27. The van der Waals surface area contributed by atoms with Gasteiger partial charge in [0, 0.05) is 31.8 Å². The fourth-order valence-corrected chi connectivity index (χ4v) is 9.27. The zero-order valence-electron chi connectivity index (χ0n) is 47.7. The fraction of sp³-hybridized carbons (Fsp3) is 0.810. The number of amides is 1. The lowest BCUT2D eigenvalue weighted by Crippen LogP contribution is -2.39. The Bertz CT molecular complexity index is 1370. The Kier molecular flexibility index (Phi) is 48.2. The van der Waals surface area contributed by atoms with E-state index in [4.69, 9.17) is 18.9 Å². The summed E-state index contributed by atoms with van der Waals surface area (Å²) in [7, 11) is 2.09. The van der Waals surface area contributed by atoms with Gasteiger partial charge in [0.15, 0.2) is 6.10 Å². The molecule has 1 fully saturated rings. The second kappa shape index (κ2) is 52.1. The maximum Gasteiger partial charge on any atom is 0.407 e. The number of likely N-dealkylation sites (N-methyl/N-ethyl adjacent to an activating group) is 1. The van der Waals surface area contributed by atoms with Crippen molar-refractivity contribution in [2.24, 2.45) is 0 Å². The summed E-state index contributed by atoms with van der Waals surface area (Å²) in [5.74, 6) is -1.13. The number of ether oxygens (including phenoxy) is 4. The number of carbonyl (C=O) groups excluding carboxylic acids is 4. The number of alkyl carbamates (subject to hydrolysis) is 1. The third-order valence-electron chi connectivity index (χ3n) is 14.0. The Hall–Kier alpha value is -3.40. The molecule has 0 saturated carbocycles. The lowest BCUT2D eigenvalue weighted by molar-refractivity contribution is -0.167. The van der Waals surface area contributed by atoms with Crippen molar-refractivity contribution in [2.75, 3.05) is 33.4 Å². The molecule has 2 unspecified atom stereocenters. The molecule has 1 amide bonds. The Morgan fingerprint density at radius 3 is 1.33 bits per heavy atom. The Balaban J connectivity index is 2.61. The molecule has 0 aliphatic carbocycles. The number of hydrogen-bond acceptors (Lipinski definition) is 9. The largest absolute Gasteiger partial charge is 0.462 e. The molecule has 0 aromatic carbocycles. The number of esters is 3. The molecule has 10 heteroatoms. The van der Waals surface area contributed by atoms with E-state index in [9.17, 15) is 19.2 Å². The van der Waals surface area contributed by atoms with E-state index in [-0.39, 0.29) is 37.7 Å². The first-order valence-corrected chi connectivity index (χ1v) is 30.5. The molecule has 0 bridgehead atoms. The van der Waals surface area contributed by atoms with Gasteiger partial charge in [0.1, 0.15) is 19.3 Å². The highest BCUT2D eigenvalue weighted by Gasteiger charge is 2.24. The van der Waals surface area contributed by atoms with Crippen molar-refractivity contribution in [1.82, 2.24) is 10.2 Å². The quantitative estimate of drug-likeness (QED) is 0.0275. The second-order valence-corrected chi connectivity index (χ2v) is 21.0. The summed E-state index contributed by atoms with van der Waals surface area (Å²) in [5.41, 5.74) is 0. The van der Waals surface area contributed by atoms with Crippen LogP contribution in [-0.4, -0.2) is 80.5 Å². The molecule has 1 rings (SSSR count). The maximum atomic E-state index is 13.3. The molecule has 0 radical (unpaired) electrons. The second-order valence-electron chi connectivity index (χ2n) is 21.0. The number of likely N-dealkylation sites (tertiary alicyclic amines) is 1. The van der Waals surface area contributed by atoms with Gasteiger partial charge in [0.25, 0.3) is 0 Å². The highest BCUT2D eigenvalue weighted by molar-refractivity contribution is 5.71. The number of nitrogens with zero attached hydrogens (tertiary/aromatic N) is 1. The topological polar surface area (TPSA) is 120 Å². The van der Waals surface area contributed by atoms with Gasteiger partial charge in [0.05, 0.1) is 0 Å². The van der Waals surface area contributed by atoms with Crippen LogP contribution >= 0.6 is 0 Å². The smallest absolute Gasteiger partial charge is 0.407 e. The first-order chi connectivity index (χ1) is 35.8. The van der Waals surface area contributed by atoms with Crippen molar-refractivity contribution in [2.45, 2.75) is 296 Å². The number of nitrogens with one attached hydrogen (secondary N) is 1. The number of carbonyl (C=O) groups is 4. The summed E-state index contributed by atoms with van der Waals surface area (Å²) in [6.07, 6.45) is 57.8. The summed E-state index contributed by atoms with van der Waals surface area (Å²) in [6.45, 7) is 7.99. The van der Waals surface area contributed by atoms with Crippen LogP contribution in [0.5, 0.6) is 0 Å². The lowest BCUT2D eigenvalue weighted by atomic mass is 10.0. The Morgan fingerprint density at radius 1 is 0.466 bits per heavy atom. The Labute approximate surface area is 448 Å². The first kappa shape index (κ1) is 67.6. The summed E-state index contributed by atoms with van der Waals surface area (Å²) >= 11 is 0. The van der Waals surface area contributed by atoms with Gasteiger partial charge in [-0.2, -0.15) is 0 Å². The lowest BCUT2D eigenvalue weighted by Gasteiger charge is -2.22. The van der Waals surface area contributed by atoms with Crippen LogP contribution in [0, 0.1) is 0 Å². The molecule has 1 saturated heterocycles. The molecule has 73 heavy (non-hydrogen) atoms. The van der Waals surface area contributed by atoms with E-state index in [0.29, 0.717) is 38.3 Å². The van der Waals surface area contributed by atoms with Crippen LogP contribution in [0.2, 0.25) is 0 Å². The van der Waals surface area contributed by atoms with Gasteiger partial charge < -0.3 is 29.2 Å². The van der Waals surface area contributed by atoms with Crippen molar-refractivity contribution in [3.8, 4) is 0 Å². The van der Waals surface area contributed by atoms with E-state index in [1.54, 1.807) is 0 Å². The van der Waals surface area contributed by atoms with Gasteiger partial charge in [0.2, 0.25) is 0 Å². The van der Waals surface area contributed by atoms with Crippen molar-refractivity contribution in [3.05, 3.63) is 48.6 Å². The van der Waals surface area contributed by atoms with Crippen molar-refractivity contribution in [1.29, 1.82) is 0 Å². The number of hydrogen-bond donors (Lipinski definition) is 1. The zero-order valence-corrected chi connectivity index (χ0v) is 47.7. The minimum absolute atomic E-state index is 0.114. The van der Waals surface area contributed by atoms with Crippen molar-refractivity contribution in [3.63, 3.8) is 0 Å². The molecule has 0 aromatic rings. The summed E-state index contributed by atoms with van der Waals surface area (Å²) < 4.78 is 23.0. The summed E-state index contributed by atoms with van der Waals surface area (Å²) in [4.78, 5) is 54.2. The highest BCUT2D eigenvalue weighted by atomic mass is 16.6. The molecule has 10 nitrogen and oxygen atoms in total. The predicted molar refractivity (Wildman–Crippen MR) is 305 cm³/mol. The molecule has 2 atom stereocenters. The molecule has 1 aliphatic heterocycles. The van der Waals surface area contributed by atoms with E-state index >= 15 is 0 Å². The molecule has 0 aromatic heterocycles. The van der Waals surface area contributed by atoms with Gasteiger partial charge in [-0.25, -0.2) is 4.79 Å². The average molecular weight is 1030 g/mol. The normalized spacial score (nSPS) is 14.6. The third-order valence-corrected chi connectivity index (χ3v) is 14.0. The number of rotatable bonds is 51. The van der Waals surface area contributed by atoms with E-state index in [1.165, 1.54) is 103 Å². The summed E-state index contributed by atoms with van der Waals surface area (Å²) in [5, 5.41) is 2.99. The maximum absolute atomic E-state index is 13.3. The van der Waals surface area contributed by atoms with Crippen LogP contribution in [0.4, 0.5) is 4.79 Å². The molecule has 422 valence electrons. The van der Waals surface area contributed by atoms with Crippen LogP contribution in [0.1, 0.15) is 278 Å². The van der Waals surface area contributed by atoms with Gasteiger partial charge in [-0.15, -0.1) is 0 Å². The van der Waals surface area contributed by atoms with Crippen LogP contribution in [0.15, 0.2) is 48.6 Å². The van der Waals surface area contributed by atoms with Gasteiger partial charge in [-0.1, -0.05) is 191 Å². The minimum atomic E-state index is -0.896.